The highest BCUT2D eigenvalue weighted by atomic mass is 32.2. The van der Waals surface area contributed by atoms with E-state index in [1.807, 2.05) is 37.4 Å². The molecule has 0 unspecified atom stereocenters. The van der Waals surface area contributed by atoms with Crippen LogP contribution in [0.15, 0.2) is 52.1 Å². The molecular formula is C18H17N3O2S. The van der Waals surface area contributed by atoms with Crippen LogP contribution in [0, 0.1) is 13.8 Å². The molecule has 0 saturated heterocycles. The largest absolute Gasteiger partial charge is 0.461 e. The van der Waals surface area contributed by atoms with E-state index in [0.29, 0.717) is 27.9 Å². The Labute approximate surface area is 144 Å². The first kappa shape index (κ1) is 16.3. The number of aromatic nitrogens is 2. The van der Waals surface area contributed by atoms with E-state index >= 15 is 0 Å². The molecule has 0 aliphatic rings. The minimum absolute atomic E-state index is 0.216. The van der Waals surface area contributed by atoms with E-state index < -0.39 is 0 Å². The molecule has 3 aromatic rings. The third-order valence-corrected chi connectivity index (χ3v) is 4.21. The SMILES string of the molecule is CSc1nc(-c2ccco2)nc(C)c1C(=O)Nc1ccc(C)cc1. The van der Waals surface area contributed by atoms with Crippen molar-refractivity contribution >= 4 is 23.4 Å². The van der Waals surface area contributed by atoms with E-state index in [1.165, 1.54) is 11.8 Å². The summed E-state index contributed by atoms with van der Waals surface area (Å²) >= 11 is 1.41. The number of carbonyl (C=O) groups is 1. The zero-order valence-corrected chi connectivity index (χ0v) is 14.5. The van der Waals surface area contributed by atoms with Crippen molar-refractivity contribution in [2.45, 2.75) is 18.9 Å². The summed E-state index contributed by atoms with van der Waals surface area (Å²) in [6.07, 6.45) is 3.46. The maximum absolute atomic E-state index is 12.7. The molecule has 1 aromatic carbocycles. The summed E-state index contributed by atoms with van der Waals surface area (Å²) < 4.78 is 5.35. The summed E-state index contributed by atoms with van der Waals surface area (Å²) in [4.78, 5) is 21.6. The molecular weight excluding hydrogens is 322 g/mol. The highest BCUT2D eigenvalue weighted by Crippen LogP contribution is 2.26. The van der Waals surface area contributed by atoms with Gasteiger partial charge in [0.05, 0.1) is 17.5 Å². The number of amides is 1. The lowest BCUT2D eigenvalue weighted by Gasteiger charge is -2.11. The summed E-state index contributed by atoms with van der Waals surface area (Å²) in [6, 6.07) is 11.2. The number of furan rings is 1. The standard InChI is InChI=1S/C18H17N3O2S/c1-11-6-8-13(9-7-11)20-17(22)15-12(2)19-16(21-18(15)24-3)14-5-4-10-23-14/h4-10H,1-3H3,(H,20,22). The molecule has 0 aliphatic heterocycles. The Bertz CT molecular complexity index is 859. The van der Waals surface area contributed by atoms with Crippen molar-refractivity contribution in [2.24, 2.45) is 0 Å². The van der Waals surface area contributed by atoms with Gasteiger partial charge in [-0.25, -0.2) is 9.97 Å². The van der Waals surface area contributed by atoms with Gasteiger partial charge in [-0.3, -0.25) is 4.79 Å². The van der Waals surface area contributed by atoms with Crippen molar-refractivity contribution in [1.82, 2.24) is 9.97 Å². The molecule has 24 heavy (non-hydrogen) atoms. The lowest BCUT2D eigenvalue weighted by Crippen LogP contribution is -2.16. The van der Waals surface area contributed by atoms with Crippen molar-refractivity contribution < 1.29 is 9.21 Å². The quantitative estimate of drug-likeness (QED) is 0.566. The molecule has 0 spiro atoms. The first-order chi connectivity index (χ1) is 11.6. The average Bonchev–Trinajstić information content (AvgIpc) is 3.10. The number of carbonyl (C=O) groups excluding carboxylic acids is 1. The maximum Gasteiger partial charge on any atom is 0.260 e. The minimum atomic E-state index is -0.216. The molecule has 3 rings (SSSR count). The van der Waals surface area contributed by atoms with E-state index in [-0.39, 0.29) is 5.91 Å². The third kappa shape index (κ3) is 3.33. The fourth-order valence-corrected chi connectivity index (χ4v) is 2.92. The van der Waals surface area contributed by atoms with Gasteiger partial charge in [-0.2, -0.15) is 0 Å². The number of hydrogen-bond acceptors (Lipinski definition) is 5. The van der Waals surface area contributed by atoms with Crippen LogP contribution >= 0.6 is 11.8 Å². The van der Waals surface area contributed by atoms with E-state index in [1.54, 1.807) is 25.3 Å². The number of hydrogen-bond donors (Lipinski definition) is 1. The van der Waals surface area contributed by atoms with Crippen LogP contribution in [0.2, 0.25) is 0 Å². The molecule has 0 bridgehead atoms. The molecule has 2 heterocycles. The first-order valence-electron chi connectivity index (χ1n) is 7.43. The first-order valence-corrected chi connectivity index (χ1v) is 8.65. The Morgan fingerprint density at radius 2 is 1.88 bits per heavy atom. The summed E-state index contributed by atoms with van der Waals surface area (Å²) in [7, 11) is 0. The van der Waals surface area contributed by atoms with Gasteiger partial charge in [-0.05, 0) is 44.4 Å². The van der Waals surface area contributed by atoms with Gasteiger partial charge in [0.15, 0.2) is 11.6 Å². The highest BCUT2D eigenvalue weighted by Gasteiger charge is 2.19. The van der Waals surface area contributed by atoms with Crippen LogP contribution in [0.5, 0.6) is 0 Å². The number of benzene rings is 1. The molecule has 0 atom stereocenters. The third-order valence-electron chi connectivity index (χ3n) is 3.53. The highest BCUT2D eigenvalue weighted by molar-refractivity contribution is 7.98. The van der Waals surface area contributed by atoms with Crippen molar-refractivity contribution in [1.29, 1.82) is 0 Å². The molecule has 1 amide bonds. The predicted molar refractivity (Wildman–Crippen MR) is 95.4 cm³/mol. The van der Waals surface area contributed by atoms with Gasteiger partial charge in [0.25, 0.3) is 5.91 Å². The van der Waals surface area contributed by atoms with E-state index in [0.717, 1.165) is 11.3 Å². The Kier molecular flexibility index (Phi) is 4.66. The van der Waals surface area contributed by atoms with Crippen molar-refractivity contribution in [3.8, 4) is 11.6 Å². The second kappa shape index (κ2) is 6.88. The molecule has 122 valence electrons. The van der Waals surface area contributed by atoms with Crippen molar-refractivity contribution in [2.75, 3.05) is 11.6 Å². The Hall–Kier alpha value is -2.60. The smallest absolute Gasteiger partial charge is 0.260 e. The average molecular weight is 339 g/mol. The number of rotatable bonds is 4. The Balaban J connectivity index is 1.94. The van der Waals surface area contributed by atoms with Gasteiger partial charge in [0.2, 0.25) is 0 Å². The van der Waals surface area contributed by atoms with Crippen molar-refractivity contribution in [3.05, 3.63) is 59.5 Å². The number of anilines is 1. The van der Waals surface area contributed by atoms with Crippen LogP contribution in [0.4, 0.5) is 5.69 Å². The summed E-state index contributed by atoms with van der Waals surface area (Å²) in [5, 5.41) is 3.52. The molecule has 2 aromatic heterocycles. The molecule has 0 radical (unpaired) electrons. The van der Waals surface area contributed by atoms with Gasteiger partial charge in [0, 0.05) is 5.69 Å². The van der Waals surface area contributed by atoms with Crippen LogP contribution in [0.1, 0.15) is 21.6 Å². The van der Waals surface area contributed by atoms with Gasteiger partial charge in [0.1, 0.15) is 5.03 Å². The second-order valence-corrected chi connectivity index (χ2v) is 6.11. The van der Waals surface area contributed by atoms with Crippen molar-refractivity contribution in [3.63, 3.8) is 0 Å². The van der Waals surface area contributed by atoms with Gasteiger partial charge < -0.3 is 9.73 Å². The maximum atomic E-state index is 12.7. The summed E-state index contributed by atoms with van der Waals surface area (Å²) in [5.41, 5.74) is 2.98. The molecule has 0 saturated carbocycles. The number of nitrogens with one attached hydrogen (secondary N) is 1. The van der Waals surface area contributed by atoms with Crippen LogP contribution in [0.25, 0.3) is 11.6 Å². The minimum Gasteiger partial charge on any atom is -0.461 e. The molecule has 0 aliphatic carbocycles. The van der Waals surface area contributed by atoms with Crippen LogP contribution < -0.4 is 5.32 Å². The van der Waals surface area contributed by atoms with Gasteiger partial charge in [-0.1, -0.05) is 17.7 Å². The lowest BCUT2D eigenvalue weighted by molar-refractivity contribution is 0.102. The molecule has 1 N–H and O–H groups in total. The molecule has 0 fully saturated rings. The fourth-order valence-electron chi connectivity index (χ4n) is 2.30. The number of aryl methyl sites for hydroxylation is 2. The zero-order chi connectivity index (χ0) is 17.1. The Morgan fingerprint density at radius 3 is 2.50 bits per heavy atom. The summed E-state index contributed by atoms with van der Waals surface area (Å²) in [5.74, 6) is 0.847. The van der Waals surface area contributed by atoms with Crippen LogP contribution in [-0.2, 0) is 0 Å². The van der Waals surface area contributed by atoms with Crippen LogP contribution in [-0.4, -0.2) is 22.1 Å². The number of nitrogens with zero attached hydrogens (tertiary/aromatic N) is 2. The van der Waals surface area contributed by atoms with Crippen LogP contribution in [0.3, 0.4) is 0 Å². The molecule has 6 heteroatoms. The normalized spacial score (nSPS) is 10.6. The fraction of sp³-hybridized carbons (Fsp3) is 0.167. The number of thioether (sulfide) groups is 1. The second-order valence-electron chi connectivity index (χ2n) is 5.31. The van der Waals surface area contributed by atoms with Gasteiger partial charge in [-0.15, -0.1) is 11.8 Å². The summed E-state index contributed by atoms with van der Waals surface area (Å²) in [6.45, 7) is 3.81. The van der Waals surface area contributed by atoms with E-state index in [4.69, 9.17) is 4.42 Å². The lowest BCUT2D eigenvalue weighted by atomic mass is 10.2. The van der Waals surface area contributed by atoms with E-state index in [9.17, 15) is 4.79 Å². The predicted octanol–water partition coefficient (Wildman–Crippen LogP) is 4.33. The van der Waals surface area contributed by atoms with Gasteiger partial charge >= 0.3 is 0 Å². The molecule has 5 nitrogen and oxygen atoms in total. The van der Waals surface area contributed by atoms with E-state index in [2.05, 4.69) is 15.3 Å². The monoisotopic (exact) mass is 339 g/mol. The Morgan fingerprint density at radius 1 is 1.12 bits per heavy atom. The topological polar surface area (TPSA) is 68.0 Å². The zero-order valence-electron chi connectivity index (χ0n) is 13.7.